The molecule has 2 aromatic rings. The summed E-state index contributed by atoms with van der Waals surface area (Å²) in [6, 6.07) is 9.34. The summed E-state index contributed by atoms with van der Waals surface area (Å²) in [7, 11) is 0. The SMILES string of the molecule is CCOc1ccc(NCc2c(Cl)ccc(Cl)c2Cl)c(C)c1. The van der Waals surface area contributed by atoms with Gasteiger partial charge < -0.3 is 10.1 Å². The van der Waals surface area contributed by atoms with Crippen LogP contribution in [0.1, 0.15) is 18.1 Å². The molecule has 2 rings (SSSR count). The molecule has 0 aliphatic carbocycles. The number of ether oxygens (including phenoxy) is 1. The van der Waals surface area contributed by atoms with Gasteiger partial charge in [-0.2, -0.15) is 0 Å². The van der Waals surface area contributed by atoms with Crippen LogP contribution in [0, 0.1) is 6.92 Å². The third-order valence-corrected chi connectivity index (χ3v) is 4.30. The molecule has 5 heteroatoms. The molecular formula is C16H16Cl3NO. The molecule has 0 fully saturated rings. The smallest absolute Gasteiger partial charge is 0.119 e. The molecule has 0 heterocycles. The van der Waals surface area contributed by atoms with Crippen LogP contribution in [0.25, 0.3) is 0 Å². The first-order chi connectivity index (χ1) is 10.0. The Balaban J connectivity index is 2.15. The van der Waals surface area contributed by atoms with Crippen molar-refractivity contribution in [1.82, 2.24) is 0 Å². The number of nitrogens with one attached hydrogen (secondary N) is 1. The maximum absolute atomic E-state index is 6.19. The first-order valence-electron chi connectivity index (χ1n) is 6.62. The number of halogens is 3. The third-order valence-electron chi connectivity index (χ3n) is 3.10. The Labute approximate surface area is 140 Å². The van der Waals surface area contributed by atoms with Crippen molar-refractivity contribution < 1.29 is 4.74 Å². The third kappa shape index (κ3) is 3.97. The lowest BCUT2D eigenvalue weighted by atomic mass is 10.1. The number of hydrogen-bond acceptors (Lipinski definition) is 2. The van der Waals surface area contributed by atoms with Crippen LogP contribution in [-0.4, -0.2) is 6.61 Å². The van der Waals surface area contributed by atoms with E-state index in [1.807, 2.05) is 32.0 Å². The van der Waals surface area contributed by atoms with E-state index in [9.17, 15) is 0 Å². The van der Waals surface area contributed by atoms with Gasteiger partial charge in [-0.05, 0) is 49.7 Å². The van der Waals surface area contributed by atoms with Crippen molar-refractivity contribution >= 4 is 40.5 Å². The molecule has 21 heavy (non-hydrogen) atoms. The van der Waals surface area contributed by atoms with E-state index in [4.69, 9.17) is 39.5 Å². The average molecular weight is 345 g/mol. The summed E-state index contributed by atoms with van der Waals surface area (Å²) in [4.78, 5) is 0. The van der Waals surface area contributed by atoms with Crippen LogP contribution in [0.2, 0.25) is 15.1 Å². The molecule has 2 nitrogen and oxygen atoms in total. The number of anilines is 1. The standard InChI is InChI=1S/C16H16Cl3NO/c1-3-21-11-4-7-15(10(2)8-11)20-9-12-13(17)5-6-14(18)16(12)19/h4-8,20H,3,9H2,1-2H3. The zero-order valence-electron chi connectivity index (χ0n) is 11.8. The Hall–Kier alpha value is -1.09. The van der Waals surface area contributed by atoms with Crippen LogP contribution < -0.4 is 10.1 Å². The van der Waals surface area contributed by atoms with E-state index >= 15 is 0 Å². The molecule has 0 saturated heterocycles. The fourth-order valence-electron chi connectivity index (χ4n) is 2.01. The van der Waals surface area contributed by atoms with Crippen LogP contribution >= 0.6 is 34.8 Å². The molecule has 0 unspecified atom stereocenters. The molecule has 0 aromatic heterocycles. The van der Waals surface area contributed by atoms with Crippen LogP contribution in [0.4, 0.5) is 5.69 Å². The van der Waals surface area contributed by atoms with E-state index in [0.29, 0.717) is 28.2 Å². The maximum Gasteiger partial charge on any atom is 0.119 e. The zero-order valence-corrected chi connectivity index (χ0v) is 14.1. The largest absolute Gasteiger partial charge is 0.494 e. The van der Waals surface area contributed by atoms with E-state index in [1.165, 1.54) is 0 Å². The van der Waals surface area contributed by atoms with Gasteiger partial charge in [0.2, 0.25) is 0 Å². The van der Waals surface area contributed by atoms with Crippen LogP contribution in [0.3, 0.4) is 0 Å². The van der Waals surface area contributed by atoms with Crippen molar-refractivity contribution in [3.05, 3.63) is 56.5 Å². The Morgan fingerprint density at radius 1 is 1.05 bits per heavy atom. The molecule has 0 aliphatic heterocycles. The normalized spacial score (nSPS) is 10.5. The van der Waals surface area contributed by atoms with Crippen LogP contribution in [0.5, 0.6) is 5.75 Å². The molecule has 0 spiro atoms. The Kier molecular flexibility index (Phi) is 5.63. The van der Waals surface area contributed by atoms with Gasteiger partial charge in [-0.1, -0.05) is 34.8 Å². The molecule has 0 aliphatic rings. The molecule has 0 bridgehead atoms. The van der Waals surface area contributed by atoms with Gasteiger partial charge in [0.15, 0.2) is 0 Å². The minimum atomic E-state index is 0.486. The highest BCUT2D eigenvalue weighted by atomic mass is 35.5. The first kappa shape index (κ1) is 16.3. The number of benzene rings is 2. The summed E-state index contributed by atoms with van der Waals surface area (Å²) in [6.07, 6.45) is 0. The van der Waals surface area contributed by atoms with Gasteiger partial charge in [0, 0.05) is 22.8 Å². The first-order valence-corrected chi connectivity index (χ1v) is 7.76. The van der Waals surface area contributed by atoms with E-state index in [-0.39, 0.29) is 0 Å². The second kappa shape index (κ2) is 7.26. The summed E-state index contributed by atoms with van der Waals surface area (Å²) in [5.74, 6) is 0.861. The minimum absolute atomic E-state index is 0.486. The highest BCUT2D eigenvalue weighted by Gasteiger charge is 2.10. The van der Waals surface area contributed by atoms with Gasteiger partial charge in [-0.25, -0.2) is 0 Å². The summed E-state index contributed by atoms with van der Waals surface area (Å²) in [5.41, 5.74) is 2.89. The van der Waals surface area contributed by atoms with Gasteiger partial charge in [0.05, 0.1) is 16.7 Å². The summed E-state index contributed by atoms with van der Waals surface area (Å²) < 4.78 is 5.47. The number of rotatable bonds is 5. The van der Waals surface area contributed by atoms with E-state index in [1.54, 1.807) is 12.1 Å². The molecule has 1 N–H and O–H groups in total. The Morgan fingerprint density at radius 3 is 2.43 bits per heavy atom. The van der Waals surface area contributed by atoms with Crippen LogP contribution in [-0.2, 0) is 6.54 Å². The van der Waals surface area contributed by atoms with E-state index < -0.39 is 0 Å². The van der Waals surface area contributed by atoms with Gasteiger partial charge in [0.25, 0.3) is 0 Å². The molecule has 0 radical (unpaired) electrons. The van der Waals surface area contributed by atoms with Crippen molar-refractivity contribution in [1.29, 1.82) is 0 Å². The van der Waals surface area contributed by atoms with Gasteiger partial charge in [-0.15, -0.1) is 0 Å². The summed E-state index contributed by atoms with van der Waals surface area (Å²) in [5, 5.41) is 4.91. The lowest BCUT2D eigenvalue weighted by Gasteiger charge is -2.14. The topological polar surface area (TPSA) is 21.3 Å². The minimum Gasteiger partial charge on any atom is -0.494 e. The van der Waals surface area contributed by atoms with Crippen molar-refractivity contribution in [2.24, 2.45) is 0 Å². The fourth-order valence-corrected chi connectivity index (χ4v) is 2.69. The quantitative estimate of drug-likeness (QED) is 0.675. The zero-order chi connectivity index (χ0) is 15.4. The van der Waals surface area contributed by atoms with Crippen molar-refractivity contribution in [2.75, 3.05) is 11.9 Å². The predicted molar refractivity (Wildman–Crippen MR) is 91.1 cm³/mol. The highest BCUT2D eigenvalue weighted by molar-refractivity contribution is 6.44. The monoisotopic (exact) mass is 343 g/mol. The highest BCUT2D eigenvalue weighted by Crippen LogP contribution is 2.32. The molecular weight excluding hydrogens is 329 g/mol. The Bertz CT molecular complexity index is 644. The fraction of sp³-hybridized carbons (Fsp3) is 0.250. The van der Waals surface area contributed by atoms with Gasteiger partial charge in [-0.3, -0.25) is 0 Å². The van der Waals surface area contributed by atoms with Crippen molar-refractivity contribution in [3.63, 3.8) is 0 Å². The number of aryl methyl sites for hydroxylation is 1. The summed E-state index contributed by atoms with van der Waals surface area (Å²) in [6.45, 7) is 5.14. The molecule has 0 atom stereocenters. The van der Waals surface area contributed by atoms with Crippen molar-refractivity contribution in [3.8, 4) is 5.75 Å². The number of hydrogen-bond donors (Lipinski definition) is 1. The second-order valence-corrected chi connectivity index (χ2v) is 5.78. The van der Waals surface area contributed by atoms with Gasteiger partial charge in [0.1, 0.15) is 5.75 Å². The predicted octanol–water partition coefficient (Wildman–Crippen LogP) is 5.97. The lowest BCUT2D eigenvalue weighted by molar-refractivity contribution is 0.340. The molecule has 112 valence electrons. The molecule has 0 amide bonds. The van der Waals surface area contributed by atoms with Crippen LogP contribution in [0.15, 0.2) is 30.3 Å². The molecule has 0 saturated carbocycles. The molecule has 2 aromatic carbocycles. The van der Waals surface area contributed by atoms with E-state index in [0.717, 1.165) is 22.6 Å². The second-order valence-electron chi connectivity index (χ2n) is 4.59. The maximum atomic E-state index is 6.19. The summed E-state index contributed by atoms with van der Waals surface area (Å²) >= 11 is 18.4. The Morgan fingerprint density at radius 2 is 1.76 bits per heavy atom. The van der Waals surface area contributed by atoms with E-state index in [2.05, 4.69) is 5.32 Å². The van der Waals surface area contributed by atoms with Crippen molar-refractivity contribution in [2.45, 2.75) is 20.4 Å². The average Bonchev–Trinajstić information content (AvgIpc) is 2.45. The lowest BCUT2D eigenvalue weighted by Crippen LogP contribution is -2.03. The van der Waals surface area contributed by atoms with Gasteiger partial charge >= 0.3 is 0 Å².